The molecule has 0 fully saturated rings. The van der Waals surface area contributed by atoms with Crippen molar-refractivity contribution in [1.29, 1.82) is 5.26 Å². The number of ether oxygens (including phenoxy) is 1. The minimum Gasteiger partial charge on any atom is -0.489 e. The number of nitrogens with zero attached hydrogens (tertiary/aromatic N) is 1. The van der Waals surface area contributed by atoms with Crippen molar-refractivity contribution in [2.24, 2.45) is 0 Å². The van der Waals surface area contributed by atoms with Crippen molar-refractivity contribution in [2.45, 2.75) is 18.4 Å². The highest BCUT2D eigenvalue weighted by molar-refractivity contribution is 7.95. The molecule has 3 aromatic carbocycles. The monoisotopic (exact) mass is 407 g/mol. The predicted octanol–water partition coefficient (Wildman–Crippen LogP) is 5.05. The fourth-order valence-corrected chi connectivity index (χ4v) is 3.80. The van der Waals surface area contributed by atoms with Crippen LogP contribution in [0.3, 0.4) is 0 Å². The fourth-order valence-electron chi connectivity index (χ4n) is 2.64. The summed E-state index contributed by atoms with van der Waals surface area (Å²) in [6.45, 7) is 1.89. The molecular formula is C23H18FNO3S. The molecule has 0 radical (unpaired) electrons. The number of hydrogen-bond donors (Lipinski definition) is 0. The van der Waals surface area contributed by atoms with Crippen molar-refractivity contribution >= 4 is 15.9 Å². The van der Waals surface area contributed by atoms with Crippen LogP contribution >= 0.6 is 0 Å². The maximum absolute atomic E-state index is 13.7. The summed E-state index contributed by atoms with van der Waals surface area (Å²) in [6.07, 6.45) is 1.30. The van der Waals surface area contributed by atoms with Crippen molar-refractivity contribution < 1.29 is 17.5 Å². The minimum atomic E-state index is -3.93. The molecule has 0 aromatic heterocycles. The van der Waals surface area contributed by atoms with Crippen molar-refractivity contribution in [3.63, 3.8) is 0 Å². The first-order valence-electron chi connectivity index (χ1n) is 8.80. The van der Waals surface area contributed by atoms with E-state index in [1.165, 1.54) is 24.3 Å². The Morgan fingerprint density at radius 1 is 1.07 bits per heavy atom. The molecule has 0 saturated heterocycles. The summed E-state index contributed by atoms with van der Waals surface area (Å²) in [5.74, 6) is 0.0755. The lowest BCUT2D eigenvalue weighted by atomic mass is 10.2. The molecule has 29 heavy (non-hydrogen) atoms. The van der Waals surface area contributed by atoms with Gasteiger partial charge in [0.1, 0.15) is 29.1 Å². The van der Waals surface area contributed by atoms with E-state index in [4.69, 9.17) is 4.74 Å². The Kier molecular flexibility index (Phi) is 6.10. The SMILES string of the molecule is Cc1ccc(S(=O)(=O)C(C#N)=Cc2cccc(OCc3ccccc3F)c2)cc1. The Morgan fingerprint density at radius 3 is 2.48 bits per heavy atom. The van der Waals surface area contributed by atoms with Crippen LogP contribution in [0.1, 0.15) is 16.7 Å². The van der Waals surface area contributed by atoms with Gasteiger partial charge >= 0.3 is 0 Å². The largest absolute Gasteiger partial charge is 0.489 e. The Morgan fingerprint density at radius 2 is 1.79 bits per heavy atom. The molecule has 0 aliphatic carbocycles. The number of halogens is 1. The van der Waals surface area contributed by atoms with E-state index in [2.05, 4.69) is 0 Å². The highest BCUT2D eigenvalue weighted by Crippen LogP contribution is 2.23. The number of allylic oxidation sites excluding steroid dienone is 1. The summed E-state index contributed by atoms with van der Waals surface area (Å²) < 4.78 is 44.8. The molecule has 0 saturated carbocycles. The first-order chi connectivity index (χ1) is 13.9. The average molecular weight is 407 g/mol. The summed E-state index contributed by atoms with van der Waals surface area (Å²) in [4.78, 5) is -0.310. The summed E-state index contributed by atoms with van der Waals surface area (Å²) >= 11 is 0. The van der Waals surface area contributed by atoms with Crippen molar-refractivity contribution in [3.05, 3.63) is 100 Å². The Labute approximate surface area is 169 Å². The van der Waals surface area contributed by atoms with Gasteiger partial charge in [-0.05, 0) is 48.9 Å². The van der Waals surface area contributed by atoms with E-state index >= 15 is 0 Å². The molecule has 6 heteroatoms. The van der Waals surface area contributed by atoms with Crippen LogP contribution in [-0.4, -0.2) is 8.42 Å². The highest BCUT2D eigenvalue weighted by Gasteiger charge is 2.20. The van der Waals surface area contributed by atoms with Gasteiger partial charge in [0.15, 0.2) is 0 Å². The first-order valence-corrected chi connectivity index (χ1v) is 10.3. The van der Waals surface area contributed by atoms with Gasteiger partial charge in [0, 0.05) is 5.56 Å². The van der Waals surface area contributed by atoms with E-state index in [-0.39, 0.29) is 22.2 Å². The van der Waals surface area contributed by atoms with Gasteiger partial charge in [0.2, 0.25) is 9.84 Å². The second-order valence-corrected chi connectivity index (χ2v) is 8.31. The van der Waals surface area contributed by atoms with Crippen LogP contribution in [0.15, 0.2) is 82.6 Å². The zero-order chi connectivity index (χ0) is 20.9. The minimum absolute atomic E-state index is 0.0343. The summed E-state index contributed by atoms with van der Waals surface area (Å²) in [7, 11) is -3.93. The van der Waals surface area contributed by atoms with Gasteiger partial charge in [-0.25, -0.2) is 12.8 Å². The summed E-state index contributed by atoms with van der Waals surface area (Å²) in [6, 6.07) is 21.0. The van der Waals surface area contributed by atoms with E-state index in [0.717, 1.165) is 5.56 Å². The van der Waals surface area contributed by atoms with E-state index < -0.39 is 9.84 Å². The van der Waals surface area contributed by atoms with Crippen molar-refractivity contribution in [1.82, 2.24) is 0 Å². The summed E-state index contributed by atoms with van der Waals surface area (Å²) in [5.41, 5.74) is 1.82. The van der Waals surface area contributed by atoms with Crippen LogP contribution in [0, 0.1) is 24.1 Å². The topological polar surface area (TPSA) is 67.2 Å². The molecule has 0 N–H and O–H groups in total. The van der Waals surface area contributed by atoms with Gasteiger partial charge < -0.3 is 4.74 Å². The standard InChI is InChI=1S/C23H18FNO3S/c1-17-9-11-21(12-10-17)29(26,27)22(15-25)14-18-5-4-7-20(13-18)28-16-19-6-2-3-8-23(19)24/h2-14H,16H2,1H3. The molecule has 3 aromatic rings. The zero-order valence-corrected chi connectivity index (χ0v) is 16.5. The highest BCUT2D eigenvalue weighted by atomic mass is 32.2. The van der Waals surface area contributed by atoms with Crippen molar-refractivity contribution in [2.75, 3.05) is 0 Å². The third-order valence-corrected chi connectivity index (χ3v) is 5.92. The van der Waals surface area contributed by atoms with Crippen LogP contribution in [0.25, 0.3) is 6.08 Å². The van der Waals surface area contributed by atoms with Gasteiger partial charge in [-0.3, -0.25) is 0 Å². The van der Waals surface area contributed by atoms with E-state index in [0.29, 0.717) is 16.9 Å². The van der Waals surface area contributed by atoms with Crippen LogP contribution in [-0.2, 0) is 16.4 Å². The Bertz CT molecular complexity index is 1190. The molecule has 0 unspecified atom stereocenters. The molecular weight excluding hydrogens is 389 g/mol. The molecule has 0 aliphatic heterocycles. The van der Waals surface area contributed by atoms with Crippen LogP contribution in [0.5, 0.6) is 5.75 Å². The maximum Gasteiger partial charge on any atom is 0.216 e. The lowest BCUT2D eigenvalue weighted by Gasteiger charge is -2.08. The van der Waals surface area contributed by atoms with Crippen LogP contribution in [0.4, 0.5) is 4.39 Å². The van der Waals surface area contributed by atoms with Gasteiger partial charge in [0.25, 0.3) is 0 Å². The average Bonchev–Trinajstić information content (AvgIpc) is 2.72. The lowest BCUT2D eigenvalue weighted by molar-refractivity contribution is 0.300. The Balaban J connectivity index is 1.85. The van der Waals surface area contributed by atoms with E-state index in [9.17, 15) is 18.1 Å². The van der Waals surface area contributed by atoms with Gasteiger partial charge in [0.05, 0.1) is 4.90 Å². The third kappa shape index (κ3) is 4.89. The van der Waals surface area contributed by atoms with E-state index in [1.54, 1.807) is 60.7 Å². The summed E-state index contributed by atoms with van der Waals surface area (Å²) in [5, 5.41) is 9.42. The molecule has 0 amide bonds. The number of benzene rings is 3. The number of sulfone groups is 1. The molecule has 0 bridgehead atoms. The maximum atomic E-state index is 13.7. The number of aryl methyl sites for hydroxylation is 1. The fraction of sp³-hybridized carbons (Fsp3) is 0.0870. The van der Waals surface area contributed by atoms with Gasteiger partial charge in [-0.2, -0.15) is 5.26 Å². The Hall–Kier alpha value is -3.43. The molecule has 0 heterocycles. The van der Waals surface area contributed by atoms with Crippen LogP contribution in [0.2, 0.25) is 0 Å². The lowest BCUT2D eigenvalue weighted by Crippen LogP contribution is -2.03. The molecule has 0 spiro atoms. The smallest absolute Gasteiger partial charge is 0.216 e. The number of rotatable bonds is 6. The second-order valence-electron chi connectivity index (χ2n) is 6.39. The van der Waals surface area contributed by atoms with Crippen molar-refractivity contribution in [3.8, 4) is 11.8 Å². The number of nitriles is 1. The van der Waals surface area contributed by atoms with Gasteiger partial charge in [-0.15, -0.1) is 0 Å². The first kappa shape index (κ1) is 20.3. The quantitative estimate of drug-likeness (QED) is 0.536. The van der Waals surface area contributed by atoms with Gasteiger partial charge in [-0.1, -0.05) is 48.0 Å². The van der Waals surface area contributed by atoms with Crippen LogP contribution < -0.4 is 4.74 Å². The predicted molar refractivity (Wildman–Crippen MR) is 109 cm³/mol. The van der Waals surface area contributed by atoms with E-state index in [1.807, 2.05) is 6.92 Å². The molecule has 0 aliphatic rings. The zero-order valence-electron chi connectivity index (χ0n) is 15.7. The number of hydrogen-bond acceptors (Lipinski definition) is 4. The normalized spacial score (nSPS) is 11.7. The molecule has 4 nitrogen and oxygen atoms in total. The second kappa shape index (κ2) is 8.72. The third-order valence-electron chi connectivity index (χ3n) is 4.24. The molecule has 0 atom stereocenters. The molecule has 146 valence electrons. The molecule has 3 rings (SSSR count).